The van der Waals surface area contributed by atoms with Gasteiger partial charge in [-0.1, -0.05) is 22.9 Å². The van der Waals surface area contributed by atoms with E-state index >= 15 is 0 Å². The molecule has 2 rings (SSSR count). The number of amides is 2. The van der Waals surface area contributed by atoms with E-state index in [1.54, 1.807) is 43.0 Å². The number of aryl methyl sites for hydroxylation is 1. The van der Waals surface area contributed by atoms with E-state index in [1.807, 2.05) is 6.26 Å². The molecule has 2 aromatic rings. The van der Waals surface area contributed by atoms with Gasteiger partial charge in [-0.3, -0.25) is 14.9 Å². The number of carbonyl (C=O) groups is 2. The molecule has 0 saturated carbocycles. The summed E-state index contributed by atoms with van der Waals surface area (Å²) in [4.78, 5) is 24.8. The predicted octanol–water partition coefficient (Wildman–Crippen LogP) is 2.99. The number of nitrogens with one attached hydrogen (secondary N) is 2. The molecule has 0 radical (unpaired) electrons. The number of rotatable bonds is 7. The lowest BCUT2D eigenvalue weighted by atomic mass is 10.1. The molecular weight excluding hydrogens is 368 g/mol. The van der Waals surface area contributed by atoms with E-state index in [1.165, 1.54) is 11.3 Å². The minimum absolute atomic E-state index is 0.303. The molecular formula is C15H17ClN4O2S2. The number of halogens is 1. The van der Waals surface area contributed by atoms with Gasteiger partial charge in [0.1, 0.15) is 11.0 Å². The molecule has 2 amide bonds. The smallest absolute Gasteiger partial charge is 0.251 e. The molecule has 6 nitrogen and oxygen atoms in total. The summed E-state index contributed by atoms with van der Waals surface area (Å²) in [6.45, 7) is 1.81. The molecule has 0 aliphatic carbocycles. The van der Waals surface area contributed by atoms with Crippen LogP contribution < -0.4 is 10.6 Å². The van der Waals surface area contributed by atoms with E-state index in [-0.39, 0.29) is 11.8 Å². The minimum Gasteiger partial charge on any atom is -0.340 e. The van der Waals surface area contributed by atoms with Crippen molar-refractivity contribution in [3.63, 3.8) is 0 Å². The highest BCUT2D eigenvalue weighted by Crippen LogP contribution is 2.15. The first-order valence-corrected chi connectivity index (χ1v) is 9.74. The maximum Gasteiger partial charge on any atom is 0.251 e. The molecule has 1 heterocycles. The molecule has 1 aromatic heterocycles. The van der Waals surface area contributed by atoms with Crippen molar-refractivity contribution in [3.8, 4) is 0 Å². The van der Waals surface area contributed by atoms with Gasteiger partial charge in [0, 0.05) is 10.6 Å². The fraction of sp³-hybridized carbons (Fsp3) is 0.333. The lowest BCUT2D eigenvalue weighted by Crippen LogP contribution is -2.44. The van der Waals surface area contributed by atoms with Crippen LogP contribution in [0.5, 0.6) is 0 Å². The van der Waals surface area contributed by atoms with Crippen LogP contribution in [0.25, 0.3) is 0 Å². The van der Waals surface area contributed by atoms with Gasteiger partial charge >= 0.3 is 0 Å². The Hall–Kier alpha value is -1.64. The van der Waals surface area contributed by atoms with Gasteiger partial charge < -0.3 is 5.32 Å². The molecule has 0 spiro atoms. The Bertz CT molecular complexity index is 706. The van der Waals surface area contributed by atoms with Crippen LogP contribution in [0.3, 0.4) is 0 Å². The lowest BCUT2D eigenvalue weighted by Gasteiger charge is -2.17. The van der Waals surface area contributed by atoms with Gasteiger partial charge in [0.25, 0.3) is 5.91 Å². The third-order valence-corrected chi connectivity index (χ3v) is 4.75. The summed E-state index contributed by atoms with van der Waals surface area (Å²) in [5.74, 6) is 0.123. The Balaban J connectivity index is 2.04. The van der Waals surface area contributed by atoms with Crippen LogP contribution in [-0.2, 0) is 4.79 Å². The van der Waals surface area contributed by atoms with Crippen molar-refractivity contribution in [2.75, 3.05) is 17.3 Å². The average Bonchev–Trinajstić information content (AvgIpc) is 2.96. The Morgan fingerprint density at radius 2 is 2.00 bits per heavy atom. The fourth-order valence-electron chi connectivity index (χ4n) is 1.89. The first-order chi connectivity index (χ1) is 11.5. The normalized spacial score (nSPS) is 11.8. The number of hydrogen-bond donors (Lipinski definition) is 2. The van der Waals surface area contributed by atoms with Crippen LogP contribution >= 0.6 is 34.7 Å². The van der Waals surface area contributed by atoms with Crippen molar-refractivity contribution in [1.82, 2.24) is 15.5 Å². The summed E-state index contributed by atoms with van der Waals surface area (Å²) in [6.07, 6.45) is 2.47. The molecule has 0 saturated heterocycles. The topological polar surface area (TPSA) is 84.0 Å². The molecule has 1 atom stereocenters. The van der Waals surface area contributed by atoms with E-state index in [9.17, 15) is 9.59 Å². The van der Waals surface area contributed by atoms with Gasteiger partial charge in [0.05, 0.1) is 0 Å². The second kappa shape index (κ2) is 9.00. The third-order valence-electron chi connectivity index (χ3n) is 3.10. The largest absolute Gasteiger partial charge is 0.340 e. The summed E-state index contributed by atoms with van der Waals surface area (Å²) in [5.41, 5.74) is 0.452. The maximum absolute atomic E-state index is 12.4. The number of nitrogens with zero attached hydrogens (tertiary/aromatic N) is 2. The van der Waals surface area contributed by atoms with Crippen molar-refractivity contribution in [2.24, 2.45) is 0 Å². The van der Waals surface area contributed by atoms with E-state index in [2.05, 4.69) is 20.8 Å². The van der Waals surface area contributed by atoms with Crippen molar-refractivity contribution in [1.29, 1.82) is 0 Å². The Morgan fingerprint density at radius 3 is 2.58 bits per heavy atom. The van der Waals surface area contributed by atoms with Crippen molar-refractivity contribution < 1.29 is 9.59 Å². The Morgan fingerprint density at radius 1 is 1.29 bits per heavy atom. The Kier molecular flexibility index (Phi) is 7.01. The van der Waals surface area contributed by atoms with Crippen molar-refractivity contribution >= 4 is 51.6 Å². The quantitative estimate of drug-likeness (QED) is 0.766. The Labute approximate surface area is 153 Å². The molecule has 1 aromatic carbocycles. The van der Waals surface area contributed by atoms with Crippen LogP contribution in [0, 0.1) is 6.92 Å². The first kappa shape index (κ1) is 18.7. The highest BCUT2D eigenvalue weighted by Gasteiger charge is 2.22. The summed E-state index contributed by atoms with van der Waals surface area (Å²) >= 11 is 8.72. The van der Waals surface area contributed by atoms with E-state index in [4.69, 9.17) is 11.6 Å². The second-order valence-electron chi connectivity index (χ2n) is 4.93. The van der Waals surface area contributed by atoms with Crippen LogP contribution in [0.4, 0.5) is 5.13 Å². The summed E-state index contributed by atoms with van der Waals surface area (Å²) < 4.78 is 0. The van der Waals surface area contributed by atoms with E-state index in [0.717, 1.165) is 10.8 Å². The molecule has 9 heteroatoms. The zero-order valence-electron chi connectivity index (χ0n) is 13.2. The molecule has 0 aliphatic rings. The minimum atomic E-state index is -0.648. The summed E-state index contributed by atoms with van der Waals surface area (Å²) in [6, 6.07) is 5.87. The number of benzene rings is 1. The standard InChI is InChI=1S/C15H17ClN4O2S2/c1-9-19-20-15(24-9)18-14(22)12(7-8-23-2)17-13(21)10-3-5-11(16)6-4-10/h3-6,12H,7-8H2,1-2H3,(H,17,21)(H,18,20,22)/t12-/m0/s1. The van der Waals surface area contributed by atoms with E-state index in [0.29, 0.717) is 22.1 Å². The summed E-state index contributed by atoms with van der Waals surface area (Å²) in [5, 5.41) is 14.9. The molecule has 0 unspecified atom stereocenters. The highest BCUT2D eigenvalue weighted by molar-refractivity contribution is 7.98. The van der Waals surface area contributed by atoms with Gasteiger partial charge in [-0.25, -0.2) is 0 Å². The number of carbonyl (C=O) groups excluding carboxylic acids is 2. The zero-order valence-corrected chi connectivity index (χ0v) is 15.6. The average molecular weight is 385 g/mol. The zero-order chi connectivity index (χ0) is 17.5. The molecule has 0 bridgehead atoms. The SMILES string of the molecule is CSCC[C@H](NC(=O)c1ccc(Cl)cc1)C(=O)Nc1nnc(C)s1. The molecule has 2 N–H and O–H groups in total. The van der Waals surface area contributed by atoms with Gasteiger partial charge in [-0.05, 0) is 49.6 Å². The van der Waals surface area contributed by atoms with Gasteiger partial charge in [0.2, 0.25) is 11.0 Å². The first-order valence-electron chi connectivity index (χ1n) is 7.16. The van der Waals surface area contributed by atoms with Gasteiger partial charge in [0.15, 0.2) is 0 Å². The molecule has 0 fully saturated rings. The van der Waals surface area contributed by atoms with Crippen LogP contribution in [-0.4, -0.2) is 40.1 Å². The molecule has 0 aliphatic heterocycles. The molecule has 128 valence electrons. The monoisotopic (exact) mass is 384 g/mol. The van der Waals surface area contributed by atoms with E-state index < -0.39 is 6.04 Å². The van der Waals surface area contributed by atoms with Crippen LogP contribution in [0.2, 0.25) is 5.02 Å². The predicted molar refractivity (Wildman–Crippen MR) is 99.0 cm³/mol. The lowest BCUT2D eigenvalue weighted by molar-refractivity contribution is -0.118. The van der Waals surface area contributed by atoms with Crippen LogP contribution in [0.1, 0.15) is 21.8 Å². The maximum atomic E-state index is 12.4. The number of thioether (sulfide) groups is 1. The highest BCUT2D eigenvalue weighted by atomic mass is 35.5. The van der Waals surface area contributed by atoms with Crippen molar-refractivity contribution in [3.05, 3.63) is 39.9 Å². The van der Waals surface area contributed by atoms with Gasteiger partial charge in [-0.2, -0.15) is 11.8 Å². The summed E-state index contributed by atoms with van der Waals surface area (Å²) in [7, 11) is 0. The molecule has 24 heavy (non-hydrogen) atoms. The fourth-order valence-corrected chi connectivity index (χ4v) is 3.08. The van der Waals surface area contributed by atoms with Crippen LogP contribution in [0.15, 0.2) is 24.3 Å². The van der Waals surface area contributed by atoms with Gasteiger partial charge in [-0.15, -0.1) is 10.2 Å². The second-order valence-corrected chi connectivity index (χ2v) is 7.53. The number of hydrogen-bond acceptors (Lipinski definition) is 6. The number of anilines is 1. The number of aromatic nitrogens is 2. The third kappa shape index (κ3) is 5.47. The van der Waals surface area contributed by atoms with Crippen molar-refractivity contribution in [2.45, 2.75) is 19.4 Å².